The number of halogens is 1. The van der Waals surface area contributed by atoms with Gasteiger partial charge in [0, 0.05) is 36.4 Å². The number of hydrogen-bond acceptors (Lipinski definition) is 4. The van der Waals surface area contributed by atoms with E-state index >= 15 is 0 Å². The molecule has 0 radical (unpaired) electrons. The molecule has 0 saturated carbocycles. The first kappa shape index (κ1) is 14.8. The number of nitro benzene ring substituents is 1. The molecule has 0 amide bonds. The maximum atomic E-state index is 10.8. The minimum absolute atomic E-state index is 0.00794. The Balaban J connectivity index is 2.26. The lowest BCUT2D eigenvalue weighted by molar-refractivity contribution is -0.384. The maximum absolute atomic E-state index is 10.8. The second-order valence-electron chi connectivity index (χ2n) is 4.55. The molecule has 21 heavy (non-hydrogen) atoms. The van der Waals surface area contributed by atoms with E-state index in [0.29, 0.717) is 22.7 Å². The number of nitrogens with zero attached hydrogens (tertiary/aromatic N) is 3. The van der Waals surface area contributed by atoms with Crippen LogP contribution < -0.4 is 4.90 Å². The van der Waals surface area contributed by atoms with Gasteiger partial charge in [-0.05, 0) is 29.8 Å². The van der Waals surface area contributed by atoms with E-state index in [9.17, 15) is 10.1 Å². The molecule has 5 nitrogen and oxygen atoms in total. The van der Waals surface area contributed by atoms with Crippen molar-refractivity contribution >= 4 is 23.0 Å². The summed E-state index contributed by atoms with van der Waals surface area (Å²) in [5, 5.41) is 20.2. The molecule has 0 fully saturated rings. The van der Waals surface area contributed by atoms with E-state index in [-0.39, 0.29) is 5.69 Å². The first-order valence-electron chi connectivity index (χ1n) is 6.15. The Kier molecular flexibility index (Phi) is 4.41. The normalized spacial score (nSPS) is 9.95. The number of nitro groups is 1. The molecule has 0 aromatic heterocycles. The minimum atomic E-state index is -0.448. The van der Waals surface area contributed by atoms with E-state index in [1.54, 1.807) is 18.2 Å². The fourth-order valence-corrected chi connectivity index (χ4v) is 2.13. The molecule has 2 aromatic rings. The lowest BCUT2D eigenvalue weighted by Crippen LogP contribution is -2.16. The average molecular weight is 302 g/mol. The van der Waals surface area contributed by atoms with Crippen LogP contribution in [0, 0.1) is 21.4 Å². The fraction of sp³-hybridized carbons (Fsp3) is 0.133. The summed E-state index contributed by atoms with van der Waals surface area (Å²) in [4.78, 5) is 12.2. The summed E-state index contributed by atoms with van der Waals surface area (Å²) in [6, 6.07) is 13.6. The smallest absolute Gasteiger partial charge is 0.269 e. The second kappa shape index (κ2) is 6.25. The van der Waals surface area contributed by atoms with Crippen LogP contribution in [0.5, 0.6) is 0 Å². The third-order valence-electron chi connectivity index (χ3n) is 3.06. The summed E-state index contributed by atoms with van der Waals surface area (Å²) in [6.45, 7) is 0.412. The molecule has 0 atom stereocenters. The highest BCUT2D eigenvalue weighted by molar-refractivity contribution is 6.31. The van der Waals surface area contributed by atoms with Crippen molar-refractivity contribution in [1.82, 2.24) is 0 Å². The predicted octanol–water partition coefficient (Wildman–Crippen LogP) is 3.76. The van der Waals surface area contributed by atoms with Gasteiger partial charge in [-0.1, -0.05) is 17.7 Å². The van der Waals surface area contributed by atoms with E-state index in [2.05, 4.69) is 6.07 Å². The molecule has 0 N–H and O–H groups in total. The van der Waals surface area contributed by atoms with Gasteiger partial charge in [0.05, 0.1) is 16.6 Å². The van der Waals surface area contributed by atoms with Gasteiger partial charge in [0.2, 0.25) is 0 Å². The van der Waals surface area contributed by atoms with Gasteiger partial charge in [-0.25, -0.2) is 0 Å². The molecule has 0 heterocycles. The molecule has 2 rings (SSSR count). The van der Waals surface area contributed by atoms with E-state index in [0.717, 1.165) is 5.69 Å². The highest BCUT2D eigenvalue weighted by Crippen LogP contribution is 2.25. The van der Waals surface area contributed by atoms with Crippen molar-refractivity contribution in [3.05, 3.63) is 68.7 Å². The van der Waals surface area contributed by atoms with Crippen LogP contribution in [0.1, 0.15) is 11.1 Å². The fourth-order valence-electron chi connectivity index (χ4n) is 1.96. The zero-order valence-electron chi connectivity index (χ0n) is 11.3. The number of hydrogen-bond donors (Lipinski definition) is 0. The first-order chi connectivity index (χ1) is 10.0. The van der Waals surface area contributed by atoms with Crippen LogP contribution in [0.4, 0.5) is 11.4 Å². The van der Waals surface area contributed by atoms with Gasteiger partial charge in [0.25, 0.3) is 5.69 Å². The molecule has 2 aromatic carbocycles. The Morgan fingerprint density at radius 1 is 1.33 bits per heavy atom. The third-order valence-corrected chi connectivity index (χ3v) is 3.43. The van der Waals surface area contributed by atoms with Crippen molar-refractivity contribution in [2.45, 2.75) is 6.54 Å². The van der Waals surface area contributed by atoms with Crippen molar-refractivity contribution in [2.75, 3.05) is 11.9 Å². The number of anilines is 1. The molecule has 0 aliphatic heterocycles. The monoisotopic (exact) mass is 301 g/mol. The van der Waals surface area contributed by atoms with E-state index in [4.69, 9.17) is 16.9 Å². The molecular formula is C15H12ClN3O2. The maximum Gasteiger partial charge on any atom is 0.269 e. The van der Waals surface area contributed by atoms with E-state index in [1.807, 2.05) is 18.0 Å². The van der Waals surface area contributed by atoms with Crippen molar-refractivity contribution in [3.8, 4) is 6.07 Å². The van der Waals surface area contributed by atoms with Gasteiger partial charge in [0.1, 0.15) is 0 Å². The van der Waals surface area contributed by atoms with Crippen LogP contribution in [-0.4, -0.2) is 12.0 Å². The standard InChI is InChI=1S/C15H12ClN3O2/c1-18(13-4-2-3-11(7-13)9-17)10-12-8-14(19(20)21)5-6-15(12)16/h2-8H,10H2,1H3. The number of non-ortho nitro benzene ring substituents is 1. The Hall–Kier alpha value is -2.58. The van der Waals surface area contributed by atoms with E-state index in [1.165, 1.54) is 18.2 Å². The van der Waals surface area contributed by atoms with Crippen molar-refractivity contribution in [1.29, 1.82) is 5.26 Å². The Morgan fingerprint density at radius 3 is 2.76 bits per heavy atom. The summed E-state index contributed by atoms with van der Waals surface area (Å²) in [6.07, 6.45) is 0. The molecule has 106 valence electrons. The third kappa shape index (κ3) is 3.50. The van der Waals surface area contributed by atoms with Crippen LogP contribution in [0.3, 0.4) is 0 Å². The lowest BCUT2D eigenvalue weighted by atomic mass is 10.1. The highest BCUT2D eigenvalue weighted by atomic mass is 35.5. The van der Waals surface area contributed by atoms with Gasteiger partial charge in [-0.3, -0.25) is 10.1 Å². The number of nitriles is 1. The predicted molar refractivity (Wildman–Crippen MR) is 81.4 cm³/mol. The largest absolute Gasteiger partial charge is 0.370 e. The molecule has 0 bridgehead atoms. The number of rotatable bonds is 4. The Labute approximate surface area is 127 Å². The summed E-state index contributed by atoms with van der Waals surface area (Å²) in [5.41, 5.74) is 2.07. The summed E-state index contributed by atoms with van der Waals surface area (Å²) < 4.78 is 0. The van der Waals surface area contributed by atoms with Gasteiger partial charge >= 0.3 is 0 Å². The molecule has 0 aliphatic carbocycles. The summed E-state index contributed by atoms with van der Waals surface area (Å²) in [5.74, 6) is 0. The molecule has 0 aliphatic rings. The summed E-state index contributed by atoms with van der Waals surface area (Å²) >= 11 is 6.09. The van der Waals surface area contributed by atoms with Crippen LogP contribution in [0.15, 0.2) is 42.5 Å². The Morgan fingerprint density at radius 2 is 2.10 bits per heavy atom. The van der Waals surface area contributed by atoms with Gasteiger partial charge < -0.3 is 4.90 Å². The minimum Gasteiger partial charge on any atom is -0.370 e. The zero-order chi connectivity index (χ0) is 15.4. The van der Waals surface area contributed by atoms with Crippen LogP contribution in [0.25, 0.3) is 0 Å². The van der Waals surface area contributed by atoms with Crippen molar-refractivity contribution in [2.24, 2.45) is 0 Å². The molecule has 0 unspecified atom stereocenters. The van der Waals surface area contributed by atoms with Crippen molar-refractivity contribution in [3.63, 3.8) is 0 Å². The van der Waals surface area contributed by atoms with Crippen LogP contribution in [0.2, 0.25) is 5.02 Å². The highest BCUT2D eigenvalue weighted by Gasteiger charge is 2.12. The van der Waals surface area contributed by atoms with Gasteiger partial charge in [-0.2, -0.15) is 5.26 Å². The van der Waals surface area contributed by atoms with Crippen molar-refractivity contribution < 1.29 is 4.92 Å². The van der Waals surface area contributed by atoms with E-state index < -0.39 is 4.92 Å². The Bertz CT molecular complexity index is 725. The SMILES string of the molecule is CN(Cc1cc([N+](=O)[O-])ccc1Cl)c1cccc(C#N)c1. The van der Waals surface area contributed by atoms with Gasteiger partial charge in [0.15, 0.2) is 0 Å². The molecule has 0 saturated heterocycles. The van der Waals surface area contributed by atoms with Crippen LogP contribution in [-0.2, 0) is 6.54 Å². The summed E-state index contributed by atoms with van der Waals surface area (Å²) in [7, 11) is 1.84. The molecular weight excluding hydrogens is 290 g/mol. The average Bonchev–Trinajstić information content (AvgIpc) is 2.49. The molecule has 6 heteroatoms. The second-order valence-corrected chi connectivity index (χ2v) is 4.96. The first-order valence-corrected chi connectivity index (χ1v) is 6.53. The zero-order valence-corrected chi connectivity index (χ0v) is 12.0. The van der Waals surface area contributed by atoms with Gasteiger partial charge in [-0.15, -0.1) is 0 Å². The molecule has 0 spiro atoms. The number of benzene rings is 2. The van der Waals surface area contributed by atoms with Crippen LogP contribution >= 0.6 is 11.6 Å². The quantitative estimate of drug-likeness (QED) is 0.637. The topological polar surface area (TPSA) is 70.2 Å². The lowest BCUT2D eigenvalue weighted by Gasteiger charge is -2.20.